The SMILES string of the molecule is CCN(Cc1cccs1)C(C)c1nc2sc3c(c2c(=O)[nH]1)CCC(C)C3. The zero-order valence-corrected chi connectivity index (χ0v) is 17.2. The smallest absolute Gasteiger partial charge is 0.259 e. The molecule has 0 bridgehead atoms. The van der Waals surface area contributed by atoms with Crippen LogP contribution in [0.15, 0.2) is 22.3 Å². The second-order valence-corrected chi connectivity index (χ2v) is 9.42. The van der Waals surface area contributed by atoms with E-state index >= 15 is 0 Å². The molecule has 3 heterocycles. The van der Waals surface area contributed by atoms with Crippen molar-refractivity contribution >= 4 is 32.9 Å². The third kappa shape index (κ3) is 3.26. The Kier molecular flexibility index (Phi) is 4.99. The van der Waals surface area contributed by atoms with E-state index in [9.17, 15) is 4.79 Å². The van der Waals surface area contributed by atoms with Crippen molar-refractivity contribution in [3.63, 3.8) is 0 Å². The van der Waals surface area contributed by atoms with Crippen LogP contribution in [0.3, 0.4) is 0 Å². The second kappa shape index (κ2) is 7.25. The number of hydrogen-bond donors (Lipinski definition) is 1. The summed E-state index contributed by atoms with van der Waals surface area (Å²) in [5, 5.41) is 2.95. The molecule has 1 aliphatic carbocycles. The number of hydrogen-bond acceptors (Lipinski definition) is 5. The van der Waals surface area contributed by atoms with E-state index in [0.29, 0.717) is 5.92 Å². The first-order chi connectivity index (χ1) is 12.6. The number of thiophene rings is 2. The van der Waals surface area contributed by atoms with Crippen LogP contribution >= 0.6 is 22.7 Å². The average Bonchev–Trinajstić information content (AvgIpc) is 3.25. The predicted octanol–water partition coefficient (Wildman–Crippen LogP) is 4.75. The molecule has 0 spiro atoms. The largest absolute Gasteiger partial charge is 0.309 e. The highest BCUT2D eigenvalue weighted by molar-refractivity contribution is 7.18. The summed E-state index contributed by atoms with van der Waals surface area (Å²) in [5.74, 6) is 1.49. The number of nitrogens with zero attached hydrogens (tertiary/aromatic N) is 2. The van der Waals surface area contributed by atoms with Gasteiger partial charge in [0.05, 0.1) is 11.4 Å². The molecule has 0 fully saturated rings. The Morgan fingerprint density at radius 1 is 1.46 bits per heavy atom. The summed E-state index contributed by atoms with van der Waals surface area (Å²) >= 11 is 3.50. The van der Waals surface area contributed by atoms with Crippen LogP contribution in [0.1, 0.15) is 54.4 Å². The van der Waals surface area contributed by atoms with Gasteiger partial charge in [0.25, 0.3) is 5.56 Å². The van der Waals surface area contributed by atoms with Gasteiger partial charge in [0.1, 0.15) is 10.7 Å². The van der Waals surface area contributed by atoms with Crippen molar-refractivity contribution in [3.8, 4) is 0 Å². The van der Waals surface area contributed by atoms with Crippen LogP contribution in [0.5, 0.6) is 0 Å². The lowest BCUT2D eigenvalue weighted by atomic mass is 9.89. The highest BCUT2D eigenvalue weighted by atomic mass is 32.1. The molecule has 3 aromatic rings. The first-order valence-corrected chi connectivity index (χ1v) is 11.1. The molecule has 4 rings (SSSR count). The number of rotatable bonds is 5. The standard InChI is InChI=1S/C20H25N3OS2/c1-4-23(11-14-6-5-9-25-14)13(3)18-21-19(24)17-15-8-7-12(2)10-16(15)26-20(17)22-18/h5-6,9,12-13H,4,7-8,10-11H2,1-3H3,(H,21,22,24). The topological polar surface area (TPSA) is 49.0 Å². The molecule has 138 valence electrons. The van der Waals surface area contributed by atoms with Crippen LogP contribution in [-0.4, -0.2) is 21.4 Å². The average molecular weight is 388 g/mol. The third-order valence-corrected chi connectivity index (χ3v) is 7.48. The normalized spacial score (nSPS) is 18.4. The van der Waals surface area contributed by atoms with Gasteiger partial charge in [-0.15, -0.1) is 22.7 Å². The molecular formula is C20H25N3OS2. The van der Waals surface area contributed by atoms with E-state index in [1.54, 1.807) is 22.7 Å². The molecule has 0 aliphatic heterocycles. The number of nitrogens with one attached hydrogen (secondary N) is 1. The van der Waals surface area contributed by atoms with Gasteiger partial charge in [-0.05, 0) is 55.7 Å². The fourth-order valence-electron chi connectivity index (χ4n) is 3.86. The summed E-state index contributed by atoms with van der Waals surface area (Å²) in [7, 11) is 0. The maximum absolute atomic E-state index is 12.8. The van der Waals surface area contributed by atoms with Crippen molar-refractivity contribution in [2.45, 2.75) is 52.6 Å². The zero-order valence-electron chi connectivity index (χ0n) is 15.5. The Morgan fingerprint density at radius 2 is 2.31 bits per heavy atom. The lowest BCUT2D eigenvalue weighted by molar-refractivity contribution is 0.207. The van der Waals surface area contributed by atoms with Gasteiger partial charge in [-0.3, -0.25) is 9.69 Å². The molecule has 1 aliphatic rings. The van der Waals surface area contributed by atoms with Gasteiger partial charge >= 0.3 is 0 Å². The Balaban J connectivity index is 1.69. The summed E-state index contributed by atoms with van der Waals surface area (Å²) in [5.41, 5.74) is 1.29. The molecule has 6 heteroatoms. The molecule has 0 amide bonds. The summed E-state index contributed by atoms with van der Waals surface area (Å²) in [6.45, 7) is 8.39. The van der Waals surface area contributed by atoms with Gasteiger partial charge < -0.3 is 4.98 Å². The Labute approximate surface area is 161 Å². The van der Waals surface area contributed by atoms with Crippen molar-refractivity contribution in [1.82, 2.24) is 14.9 Å². The summed E-state index contributed by atoms with van der Waals surface area (Å²) in [6, 6.07) is 4.33. The van der Waals surface area contributed by atoms with Crippen LogP contribution in [-0.2, 0) is 19.4 Å². The highest BCUT2D eigenvalue weighted by Crippen LogP contribution is 2.36. The quantitative estimate of drug-likeness (QED) is 0.687. The van der Waals surface area contributed by atoms with Crippen LogP contribution < -0.4 is 5.56 Å². The molecule has 3 aromatic heterocycles. The molecule has 26 heavy (non-hydrogen) atoms. The lowest BCUT2D eigenvalue weighted by Crippen LogP contribution is -2.29. The van der Waals surface area contributed by atoms with E-state index in [2.05, 4.69) is 48.2 Å². The minimum atomic E-state index is 0.0380. The van der Waals surface area contributed by atoms with Gasteiger partial charge in [0, 0.05) is 16.3 Å². The van der Waals surface area contributed by atoms with Crippen molar-refractivity contribution in [1.29, 1.82) is 0 Å². The van der Waals surface area contributed by atoms with Crippen LogP contribution in [0.25, 0.3) is 10.2 Å². The molecule has 4 nitrogen and oxygen atoms in total. The number of aromatic nitrogens is 2. The summed E-state index contributed by atoms with van der Waals surface area (Å²) in [4.78, 5) is 26.8. The van der Waals surface area contributed by atoms with Gasteiger partial charge in [-0.25, -0.2) is 4.98 Å². The maximum Gasteiger partial charge on any atom is 0.259 e. The highest BCUT2D eigenvalue weighted by Gasteiger charge is 2.25. The fraction of sp³-hybridized carbons (Fsp3) is 0.500. The van der Waals surface area contributed by atoms with Crippen molar-refractivity contribution < 1.29 is 0 Å². The predicted molar refractivity (Wildman–Crippen MR) is 110 cm³/mol. The number of aryl methyl sites for hydroxylation is 1. The van der Waals surface area contributed by atoms with Gasteiger partial charge in [0.2, 0.25) is 0 Å². The second-order valence-electron chi connectivity index (χ2n) is 7.30. The monoisotopic (exact) mass is 387 g/mol. The zero-order chi connectivity index (χ0) is 18.3. The Hall–Kier alpha value is -1.50. The van der Waals surface area contributed by atoms with E-state index in [1.165, 1.54) is 21.7 Å². The van der Waals surface area contributed by atoms with E-state index in [1.807, 2.05) is 0 Å². The molecule has 0 saturated heterocycles. The third-order valence-electron chi connectivity index (χ3n) is 5.47. The Morgan fingerprint density at radius 3 is 3.04 bits per heavy atom. The van der Waals surface area contributed by atoms with E-state index in [0.717, 1.165) is 42.0 Å². The van der Waals surface area contributed by atoms with Gasteiger partial charge in [-0.1, -0.05) is 19.9 Å². The fourth-order valence-corrected chi connectivity index (χ4v) is 5.98. The summed E-state index contributed by atoms with van der Waals surface area (Å²) in [6.07, 6.45) is 3.26. The first kappa shape index (κ1) is 17.9. The van der Waals surface area contributed by atoms with Crippen molar-refractivity contribution in [2.75, 3.05) is 6.54 Å². The molecule has 2 atom stereocenters. The van der Waals surface area contributed by atoms with Crippen molar-refractivity contribution in [3.05, 3.63) is 49.0 Å². The number of H-pyrrole nitrogens is 1. The molecule has 0 radical (unpaired) electrons. The lowest BCUT2D eigenvalue weighted by Gasteiger charge is -2.26. The van der Waals surface area contributed by atoms with Gasteiger partial charge in [0.15, 0.2) is 0 Å². The molecule has 0 aromatic carbocycles. The molecular weight excluding hydrogens is 362 g/mol. The van der Waals surface area contributed by atoms with E-state index in [-0.39, 0.29) is 11.6 Å². The number of fused-ring (bicyclic) bond motifs is 3. The van der Waals surface area contributed by atoms with Crippen LogP contribution in [0.2, 0.25) is 0 Å². The minimum Gasteiger partial charge on any atom is -0.309 e. The van der Waals surface area contributed by atoms with E-state index in [4.69, 9.17) is 4.98 Å². The van der Waals surface area contributed by atoms with Gasteiger partial charge in [-0.2, -0.15) is 0 Å². The molecule has 1 N–H and O–H groups in total. The van der Waals surface area contributed by atoms with Crippen LogP contribution in [0.4, 0.5) is 0 Å². The molecule has 2 unspecified atom stereocenters. The maximum atomic E-state index is 12.8. The summed E-state index contributed by atoms with van der Waals surface area (Å²) < 4.78 is 0. The Bertz CT molecular complexity index is 958. The first-order valence-electron chi connectivity index (χ1n) is 9.37. The number of aromatic amines is 1. The van der Waals surface area contributed by atoms with E-state index < -0.39 is 0 Å². The van der Waals surface area contributed by atoms with Crippen molar-refractivity contribution in [2.24, 2.45) is 5.92 Å². The molecule has 0 saturated carbocycles. The van der Waals surface area contributed by atoms with Crippen LogP contribution in [0, 0.1) is 5.92 Å². The minimum absolute atomic E-state index is 0.0380.